The number of nitrogens with one attached hydrogen (secondary N) is 1. The lowest BCUT2D eigenvalue weighted by atomic mass is 10.3. The lowest BCUT2D eigenvalue weighted by Crippen LogP contribution is -1.97. The van der Waals surface area contributed by atoms with Crippen molar-refractivity contribution in [3.05, 3.63) is 30.6 Å². The number of nitrogens with zero attached hydrogens (tertiary/aromatic N) is 2. The molecule has 0 amide bonds. The maximum atomic E-state index is 5.68. The Bertz CT molecular complexity index is 607. The lowest BCUT2D eigenvalue weighted by molar-refractivity contribution is 0.297. The normalized spacial score (nSPS) is 13.7. The van der Waals surface area contributed by atoms with Crippen molar-refractivity contribution in [2.24, 2.45) is 0 Å². The van der Waals surface area contributed by atoms with Gasteiger partial charge in [0.05, 0.1) is 25.6 Å². The summed E-state index contributed by atoms with van der Waals surface area (Å²) in [4.78, 5) is 9.64. The monoisotopic (exact) mass is 289 g/mol. The molecule has 0 fully saturated rings. The molecule has 104 valence electrons. The summed E-state index contributed by atoms with van der Waals surface area (Å²) in [6, 6.07) is 5.93. The van der Waals surface area contributed by atoms with Crippen molar-refractivity contribution >= 4 is 17.6 Å². The van der Waals surface area contributed by atoms with Gasteiger partial charge in [0.15, 0.2) is 11.5 Å². The molecule has 6 heteroatoms. The zero-order valence-electron chi connectivity index (χ0n) is 11.1. The topological polar surface area (TPSA) is 56.3 Å². The first-order valence-electron chi connectivity index (χ1n) is 6.42. The fraction of sp³-hybridized carbons (Fsp3) is 0.286. The fourth-order valence-electron chi connectivity index (χ4n) is 1.85. The maximum absolute atomic E-state index is 5.68. The first kappa shape index (κ1) is 13.1. The lowest BCUT2D eigenvalue weighted by Gasteiger charge is -2.09. The molecule has 2 aromatic rings. The van der Waals surface area contributed by atoms with Gasteiger partial charge in [-0.05, 0) is 18.2 Å². The van der Waals surface area contributed by atoms with Crippen LogP contribution in [0, 0.1) is 0 Å². The number of anilines is 1. The first-order valence-corrected chi connectivity index (χ1v) is 7.24. The summed E-state index contributed by atoms with van der Waals surface area (Å²) in [7, 11) is 1.83. The van der Waals surface area contributed by atoms with Crippen LogP contribution in [-0.2, 0) is 0 Å². The highest BCUT2D eigenvalue weighted by atomic mass is 32.2. The summed E-state index contributed by atoms with van der Waals surface area (Å²) in [5.41, 5.74) is 0. The van der Waals surface area contributed by atoms with Crippen LogP contribution in [0.5, 0.6) is 11.5 Å². The minimum absolute atomic E-state index is 0.691. The molecule has 0 spiro atoms. The van der Waals surface area contributed by atoms with Crippen LogP contribution < -0.4 is 14.8 Å². The standard InChI is InChI=1S/C14H15N3O2S/c1-15-13-8-16-9-14(17-13)20-10-3-4-11-12(7-10)19-6-2-5-18-11/h3-4,7-9H,2,5-6H2,1H3,(H,15,17). The SMILES string of the molecule is CNc1cncc(Sc2ccc3c(c2)OCCCO3)n1. The van der Waals surface area contributed by atoms with E-state index in [0.717, 1.165) is 33.7 Å². The van der Waals surface area contributed by atoms with Gasteiger partial charge >= 0.3 is 0 Å². The van der Waals surface area contributed by atoms with E-state index >= 15 is 0 Å². The number of rotatable bonds is 3. The highest BCUT2D eigenvalue weighted by Crippen LogP contribution is 2.36. The molecule has 0 bridgehead atoms. The van der Waals surface area contributed by atoms with E-state index < -0.39 is 0 Å². The smallest absolute Gasteiger partial charge is 0.162 e. The third-order valence-electron chi connectivity index (χ3n) is 2.81. The number of aromatic nitrogens is 2. The number of fused-ring (bicyclic) bond motifs is 1. The van der Waals surface area contributed by atoms with Gasteiger partial charge in [-0.3, -0.25) is 4.98 Å². The van der Waals surface area contributed by atoms with E-state index in [9.17, 15) is 0 Å². The van der Waals surface area contributed by atoms with E-state index in [1.807, 2.05) is 25.2 Å². The van der Waals surface area contributed by atoms with Crippen molar-refractivity contribution in [1.29, 1.82) is 0 Å². The summed E-state index contributed by atoms with van der Waals surface area (Å²) in [5.74, 6) is 2.36. The van der Waals surface area contributed by atoms with Gasteiger partial charge in [-0.2, -0.15) is 0 Å². The quantitative estimate of drug-likeness (QED) is 0.937. The number of ether oxygens (including phenoxy) is 2. The van der Waals surface area contributed by atoms with Crippen LogP contribution in [0.1, 0.15) is 6.42 Å². The Morgan fingerprint density at radius 2 is 2.00 bits per heavy atom. The maximum Gasteiger partial charge on any atom is 0.162 e. The third kappa shape index (κ3) is 2.96. The van der Waals surface area contributed by atoms with Crippen LogP contribution in [-0.4, -0.2) is 30.2 Å². The Hall–Kier alpha value is -1.95. The minimum atomic E-state index is 0.691. The Morgan fingerprint density at radius 1 is 1.15 bits per heavy atom. The summed E-state index contributed by atoms with van der Waals surface area (Å²) in [6.07, 6.45) is 4.35. The van der Waals surface area contributed by atoms with Gasteiger partial charge in [0.25, 0.3) is 0 Å². The second kappa shape index (κ2) is 6.00. The van der Waals surface area contributed by atoms with Crippen molar-refractivity contribution in [3.8, 4) is 11.5 Å². The van der Waals surface area contributed by atoms with Crippen LogP contribution in [0.15, 0.2) is 40.5 Å². The Morgan fingerprint density at radius 3 is 2.85 bits per heavy atom. The predicted octanol–water partition coefficient (Wildman–Crippen LogP) is 2.83. The van der Waals surface area contributed by atoms with Gasteiger partial charge < -0.3 is 14.8 Å². The van der Waals surface area contributed by atoms with E-state index in [2.05, 4.69) is 15.3 Å². The van der Waals surface area contributed by atoms with E-state index in [0.29, 0.717) is 13.2 Å². The summed E-state index contributed by atoms with van der Waals surface area (Å²) < 4.78 is 11.3. The van der Waals surface area contributed by atoms with Crippen molar-refractivity contribution in [2.75, 3.05) is 25.6 Å². The van der Waals surface area contributed by atoms with Crippen molar-refractivity contribution < 1.29 is 9.47 Å². The third-order valence-corrected chi connectivity index (χ3v) is 3.71. The Kier molecular flexibility index (Phi) is 3.92. The van der Waals surface area contributed by atoms with Gasteiger partial charge in [0.1, 0.15) is 10.8 Å². The molecular weight excluding hydrogens is 274 g/mol. The highest BCUT2D eigenvalue weighted by Gasteiger charge is 2.11. The second-order valence-electron chi connectivity index (χ2n) is 4.25. The molecule has 1 aliphatic rings. The molecule has 0 aliphatic carbocycles. The summed E-state index contributed by atoms with van der Waals surface area (Å²) in [5, 5.41) is 3.82. The second-order valence-corrected chi connectivity index (χ2v) is 5.35. The molecule has 0 saturated carbocycles. The van der Waals surface area contributed by atoms with Gasteiger partial charge in [0, 0.05) is 18.4 Å². The zero-order chi connectivity index (χ0) is 13.8. The Balaban J connectivity index is 1.82. The molecule has 0 radical (unpaired) electrons. The van der Waals surface area contributed by atoms with Crippen LogP contribution in [0.2, 0.25) is 0 Å². The van der Waals surface area contributed by atoms with Crippen molar-refractivity contribution in [1.82, 2.24) is 9.97 Å². The molecule has 1 aliphatic heterocycles. The van der Waals surface area contributed by atoms with Crippen LogP contribution in [0.4, 0.5) is 5.82 Å². The zero-order valence-corrected chi connectivity index (χ0v) is 11.9. The van der Waals surface area contributed by atoms with E-state index in [-0.39, 0.29) is 0 Å². The molecule has 1 aromatic heterocycles. The van der Waals surface area contributed by atoms with Gasteiger partial charge in [-0.25, -0.2) is 4.98 Å². The molecule has 1 aromatic carbocycles. The van der Waals surface area contributed by atoms with Crippen LogP contribution >= 0.6 is 11.8 Å². The van der Waals surface area contributed by atoms with Gasteiger partial charge in [-0.15, -0.1) is 0 Å². The summed E-state index contributed by atoms with van der Waals surface area (Å²) in [6.45, 7) is 1.39. The van der Waals surface area contributed by atoms with Gasteiger partial charge in [-0.1, -0.05) is 11.8 Å². The van der Waals surface area contributed by atoms with Crippen molar-refractivity contribution in [2.45, 2.75) is 16.3 Å². The molecule has 2 heterocycles. The Labute approximate surface area is 121 Å². The summed E-state index contributed by atoms with van der Waals surface area (Å²) >= 11 is 1.55. The number of hydrogen-bond acceptors (Lipinski definition) is 6. The first-order chi connectivity index (χ1) is 9.85. The average Bonchev–Trinajstić information content (AvgIpc) is 2.72. The molecule has 0 atom stereocenters. The fourth-order valence-corrected chi connectivity index (χ4v) is 2.65. The van der Waals surface area contributed by atoms with Crippen LogP contribution in [0.25, 0.3) is 0 Å². The highest BCUT2D eigenvalue weighted by molar-refractivity contribution is 7.99. The molecule has 5 nitrogen and oxygen atoms in total. The molecule has 20 heavy (non-hydrogen) atoms. The largest absolute Gasteiger partial charge is 0.490 e. The van der Waals surface area contributed by atoms with E-state index in [1.54, 1.807) is 24.2 Å². The molecule has 0 saturated heterocycles. The molecule has 1 N–H and O–H groups in total. The van der Waals surface area contributed by atoms with Crippen LogP contribution in [0.3, 0.4) is 0 Å². The molecular formula is C14H15N3O2S. The molecule has 0 unspecified atom stereocenters. The minimum Gasteiger partial charge on any atom is -0.490 e. The van der Waals surface area contributed by atoms with E-state index in [1.165, 1.54) is 0 Å². The predicted molar refractivity (Wildman–Crippen MR) is 77.8 cm³/mol. The van der Waals surface area contributed by atoms with Crippen molar-refractivity contribution in [3.63, 3.8) is 0 Å². The molecule has 3 rings (SSSR count). The number of benzene rings is 1. The average molecular weight is 289 g/mol. The van der Waals surface area contributed by atoms with Gasteiger partial charge in [0.2, 0.25) is 0 Å². The number of hydrogen-bond donors (Lipinski definition) is 1. The van der Waals surface area contributed by atoms with E-state index in [4.69, 9.17) is 9.47 Å².